The maximum Gasteiger partial charge on any atom is 0.290 e. The maximum absolute atomic E-state index is 12.9. The Labute approximate surface area is 182 Å². The lowest BCUT2D eigenvalue weighted by molar-refractivity contribution is -0.130. The van der Waals surface area contributed by atoms with Crippen molar-refractivity contribution >= 4 is 11.7 Å². The van der Waals surface area contributed by atoms with E-state index in [9.17, 15) is 19.8 Å². The van der Waals surface area contributed by atoms with E-state index in [2.05, 4.69) is 0 Å². The summed E-state index contributed by atoms with van der Waals surface area (Å²) in [6, 6.07) is 13.0. The standard InChI is InChI=1S/C25H29NO5/c1-15(2)22(28)20-21(17-8-10-18(27)11-9-17)26(24(30)23(20)29)14-16-6-12-19(13-7-16)31-25(3,4)5/h6-13,15,21,27,29H,14H2,1-5H3. The molecule has 0 aliphatic carbocycles. The molecule has 2 aromatic carbocycles. The highest BCUT2D eigenvalue weighted by Gasteiger charge is 2.43. The number of Topliss-reactive ketones (excluding diaryl/α,β-unsaturated/α-hetero) is 1. The molecule has 0 spiro atoms. The molecule has 6 heteroatoms. The van der Waals surface area contributed by atoms with Gasteiger partial charge in [-0.05, 0) is 56.2 Å². The van der Waals surface area contributed by atoms with E-state index in [4.69, 9.17) is 4.74 Å². The number of phenolic OH excluding ortho intramolecular Hbond substituents is 1. The van der Waals surface area contributed by atoms with Crippen LogP contribution in [0.1, 0.15) is 51.8 Å². The molecule has 1 atom stereocenters. The van der Waals surface area contributed by atoms with Crippen LogP contribution in [0.5, 0.6) is 11.5 Å². The van der Waals surface area contributed by atoms with Gasteiger partial charge in [0.2, 0.25) is 0 Å². The Balaban J connectivity index is 1.95. The van der Waals surface area contributed by atoms with Crippen LogP contribution in [-0.4, -0.2) is 32.4 Å². The number of nitrogens with zero attached hydrogens (tertiary/aromatic N) is 1. The summed E-state index contributed by atoms with van der Waals surface area (Å²) in [5.41, 5.74) is 1.26. The fraction of sp³-hybridized carbons (Fsp3) is 0.360. The first-order chi connectivity index (χ1) is 14.5. The van der Waals surface area contributed by atoms with Crippen molar-refractivity contribution in [3.63, 3.8) is 0 Å². The Morgan fingerprint density at radius 3 is 2.13 bits per heavy atom. The molecule has 31 heavy (non-hydrogen) atoms. The van der Waals surface area contributed by atoms with E-state index >= 15 is 0 Å². The third kappa shape index (κ3) is 4.90. The van der Waals surface area contributed by atoms with Gasteiger partial charge in [-0.25, -0.2) is 0 Å². The number of carbonyl (C=O) groups excluding carboxylic acids is 2. The first-order valence-corrected chi connectivity index (χ1v) is 10.3. The van der Waals surface area contributed by atoms with Gasteiger partial charge in [-0.2, -0.15) is 0 Å². The van der Waals surface area contributed by atoms with E-state index in [1.807, 2.05) is 45.0 Å². The topological polar surface area (TPSA) is 87.1 Å². The van der Waals surface area contributed by atoms with Gasteiger partial charge in [-0.1, -0.05) is 38.1 Å². The molecule has 164 valence electrons. The summed E-state index contributed by atoms with van der Waals surface area (Å²) in [7, 11) is 0. The SMILES string of the molecule is CC(C)C(=O)C1=C(O)C(=O)N(Cc2ccc(OC(C)(C)C)cc2)C1c1ccc(O)cc1. The summed E-state index contributed by atoms with van der Waals surface area (Å²) in [5, 5.41) is 20.2. The van der Waals surface area contributed by atoms with Crippen LogP contribution in [-0.2, 0) is 16.1 Å². The second kappa shape index (κ2) is 8.46. The van der Waals surface area contributed by atoms with Crippen molar-refractivity contribution in [2.75, 3.05) is 0 Å². The molecular weight excluding hydrogens is 394 g/mol. The predicted molar refractivity (Wildman–Crippen MR) is 118 cm³/mol. The molecule has 1 amide bonds. The number of aliphatic hydroxyl groups excluding tert-OH is 1. The van der Waals surface area contributed by atoms with Gasteiger partial charge in [0.05, 0.1) is 11.6 Å². The fourth-order valence-corrected chi connectivity index (χ4v) is 3.60. The lowest BCUT2D eigenvalue weighted by Gasteiger charge is -2.27. The number of hydrogen-bond acceptors (Lipinski definition) is 5. The first kappa shape index (κ1) is 22.4. The van der Waals surface area contributed by atoms with E-state index < -0.39 is 17.7 Å². The summed E-state index contributed by atoms with van der Waals surface area (Å²) in [4.78, 5) is 27.3. The first-order valence-electron chi connectivity index (χ1n) is 10.3. The molecule has 0 fully saturated rings. The Bertz CT molecular complexity index is 998. The van der Waals surface area contributed by atoms with Gasteiger partial charge in [0.1, 0.15) is 17.1 Å². The van der Waals surface area contributed by atoms with Gasteiger partial charge in [-0.3, -0.25) is 9.59 Å². The zero-order valence-corrected chi connectivity index (χ0v) is 18.5. The predicted octanol–water partition coefficient (Wildman–Crippen LogP) is 4.69. The summed E-state index contributed by atoms with van der Waals surface area (Å²) in [6.45, 7) is 9.57. The number of hydrogen-bond donors (Lipinski definition) is 2. The summed E-state index contributed by atoms with van der Waals surface area (Å²) in [6.07, 6.45) is 0. The van der Waals surface area contributed by atoms with Crippen LogP contribution in [0.4, 0.5) is 0 Å². The number of benzene rings is 2. The molecule has 0 aromatic heterocycles. The maximum atomic E-state index is 12.9. The number of ketones is 1. The highest BCUT2D eigenvalue weighted by Crippen LogP contribution is 2.40. The van der Waals surface area contributed by atoms with Crippen molar-refractivity contribution in [2.24, 2.45) is 5.92 Å². The van der Waals surface area contributed by atoms with Crippen molar-refractivity contribution < 1.29 is 24.5 Å². The highest BCUT2D eigenvalue weighted by molar-refractivity contribution is 6.09. The Hall–Kier alpha value is -3.28. The van der Waals surface area contributed by atoms with Gasteiger partial charge >= 0.3 is 0 Å². The number of rotatable bonds is 6. The lowest BCUT2D eigenvalue weighted by Crippen LogP contribution is -2.31. The van der Waals surface area contributed by atoms with Gasteiger partial charge in [0.25, 0.3) is 5.91 Å². The third-order valence-corrected chi connectivity index (χ3v) is 5.00. The quantitative estimate of drug-likeness (QED) is 0.704. The minimum atomic E-state index is -0.728. The van der Waals surface area contributed by atoms with Gasteiger partial charge < -0.3 is 19.8 Å². The fourth-order valence-electron chi connectivity index (χ4n) is 3.60. The van der Waals surface area contributed by atoms with Crippen molar-refractivity contribution in [1.82, 2.24) is 4.90 Å². The van der Waals surface area contributed by atoms with Crippen molar-refractivity contribution in [1.29, 1.82) is 0 Å². The van der Waals surface area contributed by atoms with Crippen LogP contribution < -0.4 is 4.74 Å². The second-order valence-electron chi connectivity index (χ2n) is 9.07. The molecule has 2 N–H and O–H groups in total. The number of carbonyl (C=O) groups is 2. The smallest absolute Gasteiger partial charge is 0.290 e. The molecular formula is C25H29NO5. The van der Waals surface area contributed by atoms with E-state index in [0.717, 1.165) is 11.3 Å². The van der Waals surface area contributed by atoms with Crippen LogP contribution in [0, 0.1) is 5.92 Å². The number of aromatic hydroxyl groups is 1. The van der Waals surface area contributed by atoms with E-state index in [-0.39, 0.29) is 35.2 Å². The van der Waals surface area contributed by atoms with Crippen LogP contribution in [0.2, 0.25) is 0 Å². The average molecular weight is 424 g/mol. The Morgan fingerprint density at radius 2 is 1.61 bits per heavy atom. The van der Waals surface area contributed by atoms with Crippen LogP contribution in [0.3, 0.4) is 0 Å². The molecule has 1 aliphatic heterocycles. The molecule has 3 rings (SSSR count). The number of phenols is 1. The summed E-state index contributed by atoms with van der Waals surface area (Å²) < 4.78 is 5.84. The van der Waals surface area contributed by atoms with Crippen LogP contribution in [0.15, 0.2) is 59.9 Å². The monoisotopic (exact) mass is 423 g/mol. The van der Waals surface area contributed by atoms with Crippen LogP contribution in [0.25, 0.3) is 0 Å². The number of amides is 1. The minimum Gasteiger partial charge on any atom is -0.508 e. The highest BCUT2D eigenvalue weighted by atomic mass is 16.5. The molecule has 1 aliphatic rings. The van der Waals surface area contributed by atoms with Gasteiger partial charge in [0, 0.05) is 12.5 Å². The molecule has 2 aromatic rings. The molecule has 0 saturated heterocycles. The zero-order chi connectivity index (χ0) is 22.9. The third-order valence-electron chi connectivity index (χ3n) is 5.00. The van der Waals surface area contributed by atoms with Gasteiger partial charge in [0.15, 0.2) is 11.5 Å². The molecule has 0 radical (unpaired) electrons. The number of ether oxygens (including phenoxy) is 1. The summed E-state index contributed by atoms with van der Waals surface area (Å²) >= 11 is 0. The average Bonchev–Trinajstić information content (AvgIpc) is 2.93. The second-order valence-corrected chi connectivity index (χ2v) is 9.07. The van der Waals surface area contributed by atoms with Crippen LogP contribution >= 0.6 is 0 Å². The van der Waals surface area contributed by atoms with Gasteiger partial charge in [-0.15, -0.1) is 0 Å². The largest absolute Gasteiger partial charge is 0.508 e. The van der Waals surface area contributed by atoms with Crippen molar-refractivity contribution in [2.45, 2.75) is 52.8 Å². The van der Waals surface area contributed by atoms with Crippen molar-refractivity contribution in [3.8, 4) is 11.5 Å². The van der Waals surface area contributed by atoms with E-state index in [0.29, 0.717) is 5.56 Å². The van der Waals surface area contributed by atoms with E-state index in [1.54, 1.807) is 26.0 Å². The zero-order valence-electron chi connectivity index (χ0n) is 18.5. The minimum absolute atomic E-state index is 0.0824. The molecule has 0 bridgehead atoms. The van der Waals surface area contributed by atoms with Crippen molar-refractivity contribution in [3.05, 3.63) is 71.0 Å². The summed E-state index contributed by atoms with van der Waals surface area (Å²) in [5.74, 6) is -0.949. The normalized spacial score (nSPS) is 16.9. The molecule has 0 saturated carbocycles. The Morgan fingerprint density at radius 1 is 1.03 bits per heavy atom. The molecule has 1 heterocycles. The lowest BCUT2D eigenvalue weighted by atomic mass is 9.91. The molecule has 6 nitrogen and oxygen atoms in total. The van der Waals surface area contributed by atoms with E-state index in [1.165, 1.54) is 17.0 Å². The Kier molecular flexibility index (Phi) is 6.11. The molecule has 1 unspecified atom stereocenters. The number of aliphatic hydroxyl groups is 1.